The van der Waals surface area contributed by atoms with Crippen LogP contribution in [0, 0.1) is 0 Å². The van der Waals surface area contributed by atoms with Gasteiger partial charge in [0, 0.05) is 25.1 Å². The van der Waals surface area contributed by atoms with Crippen molar-refractivity contribution < 1.29 is 45.5 Å². The summed E-state index contributed by atoms with van der Waals surface area (Å²) in [6.07, 6.45) is -0.884. The summed E-state index contributed by atoms with van der Waals surface area (Å²) in [4.78, 5) is 43.5. The van der Waals surface area contributed by atoms with Gasteiger partial charge in [-0.2, -0.15) is 5.10 Å². The van der Waals surface area contributed by atoms with E-state index >= 15 is 0 Å². The van der Waals surface area contributed by atoms with Gasteiger partial charge in [0.2, 0.25) is 5.54 Å². The second-order valence-electron chi connectivity index (χ2n) is 10.9. The van der Waals surface area contributed by atoms with Gasteiger partial charge in [-0.05, 0) is 60.6 Å². The van der Waals surface area contributed by atoms with E-state index in [2.05, 4.69) is 5.10 Å². The van der Waals surface area contributed by atoms with Crippen molar-refractivity contribution >= 4 is 43.5 Å². The molecule has 0 saturated heterocycles. The van der Waals surface area contributed by atoms with Gasteiger partial charge in [-0.1, -0.05) is 6.07 Å². The standard InChI is InChI=1S/C23H33N3O10S2/c1-21(2,3)34-19(28)26(36-20(29)35-22(4,5)6)23(7)17(24-25(8)18(23)27)14-11-12-15(37(9,30)31)16(13-14)38(10,32)33/h11-13H,1-10H3. The fourth-order valence-corrected chi connectivity index (χ4v) is 5.86. The Morgan fingerprint density at radius 3 is 1.87 bits per heavy atom. The number of benzene rings is 1. The lowest BCUT2D eigenvalue weighted by atomic mass is 9.90. The molecule has 0 aliphatic carbocycles. The number of likely N-dealkylation sites (N-methyl/N-ethyl adjacent to an activating group) is 1. The van der Waals surface area contributed by atoms with Crippen molar-refractivity contribution in [3.8, 4) is 0 Å². The maximum absolute atomic E-state index is 13.4. The molecule has 1 heterocycles. The molecule has 13 nitrogen and oxygen atoms in total. The van der Waals surface area contributed by atoms with Crippen molar-refractivity contribution in [2.24, 2.45) is 5.10 Å². The summed E-state index contributed by atoms with van der Waals surface area (Å²) in [5.74, 6) is -0.838. The molecule has 0 fully saturated rings. The summed E-state index contributed by atoms with van der Waals surface area (Å²) < 4.78 is 60.0. The van der Waals surface area contributed by atoms with E-state index in [1.165, 1.54) is 20.0 Å². The molecule has 1 unspecified atom stereocenters. The van der Waals surface area contributed by atoms with Crippen LogP contribution in [0.25, 0.3) is 0 Å². The molecule has 0 spiro atoms. The molecular weight excluding hydrogens is 542 g/mol. The molecule has 0 N–H and O–H groups in total. The van der Waals surface area contributed by atoms with Gasteiger partial charge < -0.3 is 9.47 Å². The van der Waals surface area contributed by atoms with Crippen molar-refractivity contribution in [3.63, 3.8) is 0 Å². The molecule has 15 heteroatoms. The molecule has 1 aromatic carbocycles. The molecule has 1 atom stereocenters. The molecule has 2 amide bonds. The zero-order valence-electron chi connectivity index (χ0n) is 23.0. The summed E-state index contributed by atoms with van der Waals surface area (Å²) in [5, 5.41) is 5.41. The summed E-state index contributed by atoms with van der Waals surface area (Å²) >= 11 is 0. The van der Waals surface area contributed by atoms with Crippen LogP contribution < -0.4 is 0 Å². The minimum Gasteiger partial charge on any atom is -0.442 e. The van der Waals surface area contributed by atoms with Crippen LogP contribution in [0.1, 0.15) is 54.0 Å². The number of rotatable bonds is 4. The van der Waals surface area contributed by atoms with Crippen molar-refractivity contribution in [3.05, 3.63) is 23.8 Å². The minimum atomic E-state index is -4.08. The molecule has 1 aliphatic heterocycles. The maximum atomic E-state index is 13.4. The predicted octanol–water partition coefficient (Wildman–Crippen LogP) is 2.53. The minimum absolute atomic E-state index is 0.0284. The van der Waals surface area contributed by atoms with E-state index in [1.807, 2.05) is 0 Å². The first-order valence-electron chi connectivity index (χ1n) is 11.2. The molecule has 212 valence electrons. The Morgan fingerprint density at radius 1 is 0.921 bits per heavy atom. The average Bonchev–Trinajstić information content (AvgIpc) is 2.92. The third-order valence-electron chi connectivity index (χ3n) is 4.96. The number of ether oxygens (including phenoxy) is 2. The topological polar surface area (TPSA) is 166 Å². The highest BCUT2D eigenvalue weighted by atomic mass is 32.2. The highest BCUT2D eigenvalue weighted by Gasteiger charge is 2.57. The SMILES string of the molecule is CN1N=C(c2ccc(S(C)(=O)=O)c(S(C)(=O)=O)c2)C(C)(N(OC(=O)OC(C)(C)C)C(=O)OC(C)(C)C)C1=O. The third kappa shape index (κ3) is 6.81. The summed E-state index contributed by atoms with van der Waals surface area (Å²) in [5.41, 5.74) is -4.51. The number of hydrazone groups is 1. The molecule has 0 bridgehead atoms. The number of hydrogen-bond acceptors (Lipinski definition) is 11. The van der Waals surface area contributed by atoms with E-state index in [0.29, 0.717) is 5.06 Å². The molecule has 0 aromatic heterocycles. The molecule has 0 saturated carbocycles. The van der Waals surface area contributed by atoms with Crippen molar-refractivity contribution in [2.75, 3.05) is 19.6 Å². The first-order chi connectivity index (χ1) is 16.9. The number of sulfone groups is 2. The van der Waals surface area contributed by atoms with E-state index in [4.69, 9.17) is 14.3 Å². The van der Waals surface area contributed by atoms with E-state index in [0.717, 1.165) is 29.7 Å². The summed E-state index contributed by atoms with van der Waals surface area (Å²) in [6.45, 7) is 10.6. The maximum Gasteiger partial charge on any atom is 0.534 e. The van der Waals surface area contributed by atoms with Crippen LogP contribution in [0.5, 0.6) is 0 Å². The van der Waals surface area contributed by atoms with E-state index < -0.39 is 64.4 Å². The number of carbonyl (C=O) groups is 3. The Hall–Kier alpha value is -3.20. The van der Waals surface area contributed by atoms with Crippen LogP contribution in [-0.2, 0) is 38.8 Å². The van der Waals surface area contributed by atoms with Gasteiger partial charge in [0.05, 0.1) is 9.79 Å². The van der Waals surface area contributed by atoms with E-state index in [1.54, 1.807) is 41.5 Å². The first kappa shape index (κ1) is 31.0. The normalized spacial score (nSPS) is 18.6. The number of hydroxylamine groups is 2. The smallest absolute Gasteiger partial charge is 0.442 e. The van der Waals surface area contributed by atoms with Gasteiger partial charge in [-0.3, -0.25) is 9.63 Å². The van der Waals surface area contributed by atoms with Gasteiger partial charge >= 0.3 is 12.2 Å². The average molecular weight is 576 g/mol. The van der Waals surface area contributed by atoms with Crippen LogP contribution >= 0.6 is 0 Å². The Labute approximate surface area is 222 Å². The van der Waals surface area contributed by atoms with E-state index in [9.17, 15) is 31.2 Å². The molecule has 0 radical (unpaired) electrons. The monoisotopic (exact) mass is 575 g/mol. The second kappa shape index (κ2) is 9.84. The molecular formula is C23H33N3O10S2. The van der Waals surface area contributed by atoms with Gasteiger partial charge in [0.25, 0.3) is 5.91 Å². The predicted molar refractivity (Wildman–Crippen MR) is 136 cm³/mol. The van der Waals surface area contributed by atoms with Crippen LogP contribution in [0.15, 0.2) is 33.1 Å². The van der Waals surface area contributed by atoms with Crippen LogP contribution in [0.2, 0.25) is 0 Å². The molecule has 38 heavy (non-hydrogen) atoms. The van der Waals surface area contributed by atoms with Gasteiger partial charge in [0.15, 0.2) is 19.7 Å². The highest BCUT2D eigenvalue weighted by molar-refractivity contribution is 7.93. The lowest BCUT2D eigenvalue weighted by Gasteiger charge is -2.36. The van der Waals surface area contributed by atoms with Crippen LogP contribution in [0.3, 0.4) is 0 Å². The van der Waals surface area contributed by atoms with Gasteiger partial charge in [-0.15, -0.1) is 5.06 Å². The zero-order valence-corrected chi connectivity index (χ0v) is 24.6. The quantitative estimate of drug-likeness (QED) is 0.384. The lowest BCUT2D eigenvalue weighted by Crippen LogP contribution is -2.61. The zero-order chi connectivity index (χ0) is 29.6. The number of amides is 2. The number of carbonyl (C=O) groups excluding carboxylic acids is 3. The number of nitrogens with zero attached hydrogens (tertiary/aromatic N) is 3. The fourth-order valence-electron chi connectivity index (χ4n) is 3.44. The molecule has 1 aliphatic rings. The van der Waals surface area contributed by atoms with Crippen molar-refractivity contribution in [2.45, 2.75) is 75.0 Å². The van der Waals surface area contributed by atoms with E-state index in [-0.39, 0.29) is 11.3 Å². The molecule has 2 rings (SSSR count). The largest absolute Gasteiger partial charge is 0.534 e. The lowest BCUT2D eigenvalue weighted by molar-refractivity contribution is -0.176. The van der Waals surface area contributed by atoms with Crippen molar-refractivity contribution in [1.29, 1.82) is 0 Å². The van der Waals surface area contributed by atoms with Crippen LogP contribution in [0.4, 0.5) is 9.59 Å². The van der Waals surface area contributed by atoms with Crippen molar-refractivity contribution in [1.82, 2.24) is 10.1 Å². The Bertz CT molecular complexity index is 1400. The molecule has 1 aromatic rings. The fraction of sp³-hybridized carbons (Fsp3) is 0.565. The van der Waals surface area contributed by atoms with Gasteiger partial charge in [-0.25, -0.2) is 31.4 Å². The van der Waals surface area contributed by atoms with Gasteiger partial charge in [0.1, 0.15) is 16.9 Å². The number of hydrogen-bond donors (Lipinski definition) is 0. The summed E-state index contributed by atoms with van der Waals surface area (Å²) in [7, 11) is -6.76. The first-order valence-corrected chi connectivity index (χ1v) is 15.0. The second-order valence-corrected chi connectivity index (χ2v) is 14.9. The Balaban J connectivity index is 2.79. The highest BCUT2D eigenvalue weighted by Crippen LogP contribution is 2.34. The van der Waals surface area contributed by atoms with Crippen LogP contribution in [-0.4, -0.2) is 87.1 Å². The summed E-state index contributed by atoms with van der Waals surface area (Å²) in [6, 6.07) is 3.31. The third-order valence-corrected chi connectivity index (χ3v) is 7.38. The Morgan fingerprint density at radius 2 is 1.42 bits per heavy atom. The Kier molecular flexibility index (Phi) is 8.03.